The van der Waals surface area contributed by atoms with E-state index in [-0.39, 0.29) is 18.3 Å². The molecule has 0 fully saturated rings. The zero-order valence-electron chi connectivity index (χ0n) is 11.0. The van der Waals surface area contributed by atoms with Gasteiger partial charge in [-0.05, 0) is 25.5 Å². The number of thiophene rings is 1. The molecule has 0 aromatic carbocycles. The second-order valence-corrected chi connectivity index (χ2v) is 5.10. The molecule has 1 heterocycles. The maximum absolute atomic E-state index is 11.7. The van der Waals surface area contributed by atoms with Crippen molar-refractivity contribution >= 4 is 29.7 Å². The normalized spacial score (nSPS) is 9.94. The van der Waals surface area contributed by atoms with Crippen molar-refractivity contribution in [1.82, 2.24) is 10.6 Å². The third kappa shape index (κ3) is 5.82. The fourth-order valence-corrected chi connectivity index (χ4v) is 2.29. The number of methoxy groups -OCH3 is 1. The lowest BCUT2D eigenvalue weighted by atomic mass is 10.3. The fourth-order valence-electron chi connectivity index (χ4n) is 1.34. The van der Waals surface area contributed by atoms with E-state index >= 15 is 0 Å². The van der Waals surface area contributed by atoms with Crippen LogP contribution in [-0.2, 0) is 4.74 Å². The van der Waals surface area contributed by atoms with Crippen LogP contribution in [0.2, 0.25) is 0 Å². The maximum Gasteiger partial charge on any atom is 0.261 e. The number of aryl methyl sites for hydroxylation is 2. The Morgan fingerprint density at radius 3 is 2.61 bits per heavy atom. The minimum atomic E-state index is 0. The molecule has 0 saturated carbocycles. The van der Waals surface area contributed by atoms with Gasteiger partial charge < -0.3 is 15.4 Å². The van der Waals surface area contributed by atoms with Crippen LogP contribution in [0, 0.1) is 13.8 Å². The predicted octanol–water partition coefficient (Wildman–Crippen LogP) is 1.75. The van der Waals surface area contributed by atoms with Gasteiger partial charge >= 0.3 is 0 Å². The van der Waals surface area contributed by atoms with E-state index in [0.29, 0.717) is 13.2 Å². The average Bonchev–Trinajstić information content (AvgIpc) is 2.64. The van der Waals surface area contributed by atoms with E-state index in [2.05, 4.69) is 10.6 Å². The van der Waals surface area contributed by atoms with Crippen LogP contribution >= 0.6 is 23.7 Å². The van der Waals surface area contributed by atoms with Crippen LogP contribution in [0.1, 0.15) is 20.1 Å². The molecule has 1 aromatic heterocycles. The highest BCUT2D eigenvalue weighted by atomic mass is 35.5. The SMILES string of the molecule is COCCNCCNC(=O)c1cc(C)c(C)s1.Cl. The highest BCUT2D eigenvalue weighted by molar-refractivity contribution is 7.14. The maximum atomic E-state index is 11.7. The molecule has 1 rings (SSSR count). The third-order valence-electron chi connectivity index (χ3n) is 2.46. The van der Waals surface area contributed by atoms with Gasteiger partial charge in [-0.15, -0.1) is 23.7 Å². The van der Waals surface area contributed by atoms with Gasteiger partial charge in [0, 0.05) is 31.6 Å². The van der Waals surface area contributed by atoms with Crippen LogP contribution in [0.4, 0.5) is 0 Å². The second-order valence-electron chi connectivity index (χ2n) is 3.85. The number of carbonyl (C=O) groups is 1. The number of nitrogens with one attached hydrogen (secondary N) is 2. The third-order valence-corrected chi connectivity index (χ3v) is 3.61. The van der Waals surface area contributed by atoms with E-state index in [4.69, 9.17) is 4.74 Å². The lowest BCUT2D eigenvalue weighted by molar-refractivity contribution is 0.0957. The molecular formula is C12H21ClN2O2S. The van der Waals surface area contributed by atoms with Gasteiger partial charge in [0.25, 0.3) is 5.91 Å². The van der Waals surface area contributed by atoms with Gasteiger partial charge in [-0.3, -0.25) is 4.79 Å². The highest BCUT2D eigenvalue weighted by Gasteiger charge is 2.09. The topological polar surface area (TPSA) is 50.4 Å². The molecule has 18 heavy (non-hydrogen) atoms. The first-order valence-corrected chi connectivity index (χ1v) is 6.51. The van der Waals surface area contributed by atoms with Crippen LogP contribution in [0.3, 0.4) is 0 Å². The first-order valence-electron chi connectivity index (χ1n) is 5.70. The minimum Gasteiger partial charge on any atom is -0.383 e. The lowest BCUT2D eigenvalue weighted by Gasteiger charge is -2.05. The predicted molar refractivity (Wildman–Crippen MR) is 78.1 cm³/mol. The fraction of sp³-hybridized carbons (Fsp3) is 0.583. The average molecular weight is 293 g/mol. The molecule has 1 amide bonds. The summed E-state index contributed by atoms with van der Waals surface area (Å²) in [6.45, 7) is 6.95. The monoisotopic (exact) mass is 292 g/mol. The molecule has 4 nitrogen and oxygen atoms in total. The van der Waals surface area contributed by atoms with E-state index in [9.17, 15) is 4.79 Å². The zero-order valence-corrected chi connectivity index (χ0v) is 12.7. The van der Waals surface area contributed by atoms with Gasteiger partial charge in [-0.2, -0.15) is 0 Å². The van der Waals surface area contributed by atoms with Crippen molar-refractivity contribution in [1.29, 1.82) is 0 Å². The van der Waals surface area contributed by atoms with Crippen molar-refractivity contribution in [2.24, 2.45) is 0 Å². The Morgan fingerprint density at radius 2 is 2.06 bits per heavy atom. The molecule has 0 aliphatic rings. The minimum absolute atomic E-state index is 0. The molecule has 0 atom stereocenters. The van der Waals surface area contributed by atoms with Gasteiger partial charge in [-0.25, -0.2) is 0 Å². The van der Waals surface area contributed by atoms with Crippen molar-refractivity contribution in [2.75, 3.05) is 33.4 Å². The summed E-state index contributed by atoms with van der Waals surface area (Å²) in [5, 5.41) is 6.06. The summed E-state index contributed by atoms with van der Waals surface area (Å²) in [5.41, 5.74) is 1.18. The molecule has 0 bridgehead atoms. The number of amides is 1. The largest absolute Gasteiger partial charge is 0.383 e. The summed E-state index contributed by atoms with van der Waals surface area (Å²) in [4.78, 5) is 13.7. The standard InChI is InChI=1S/C12H20N2O2S.ClH/c1-9-8-11(17-10(9)2)12(15)14-5-4-13-6-7-16-3;/h8,13H,4-7H2,1-3H3,(H,14,15);1H. The van der Waals surface area contributed by atoms with Gasteiger partial charge in [0.2, 0.25) is 0 Å². The Balaban J connectivity index is 0.00000289. The molecule has 6 heteroatoms. The zero-order chi connectivity index (χ0) is 12.7. The smallest absolute Gasteiger partial charge is 0.261 e. The first-order chi connectivity index (χ1) is 8.15. The van der Waals surface area contributed by atoms with Crippen molar-refractivity contribution < 1.29 is 9.53 Å². The van der Waals surface area contributed by atoms with Crippen molar-refractivity contribution in [3.63, 3.8) is 0 Å². The van der Waals surface area contributed by atoms with Gasteiger partial charge in [-0.1, -0.05) is 0 Å². The molecule has 2 N–H and O–H groups in total. The van der Waals surface area contributed by atoms with Crippen molar-refractivity contribution in [3.05, 3.63) is 21.4 Å². The van der Waals surface area contributed by atoms with Crippen LogP contribution in [0.15, 0.2) is 6.07 Å². The van der Waals surface area contributed by atoms with Gasteiger partial charge in [0.15, 0.2) is 0 Å². The van der Waals surface area contributed by atoms with Crippen molar-refractivity contribution in [3.8, 4) is 0 Å². The molecule has 1 aromatic rings. The van der Waals surface area contributed by atoms with E-state index in [1.807, 2.05) is 19.9 Å². The Hall–Kier alpha value is -0.620. The van der Waals surface area contributed by atoms with Gasteiger partial charge in [0.1, 0.15) is 0 Å². The first kappa shape index (κ1) is 17.4. The van der Waals surface area contributed by atoms with Crippen LogP contribution in [0.5, 0.6) is 0 Å². The lowest BCUT2D eigenvalue weighted by Crippen LogP contribution is -2.32. The van der Waals surface area contributed by atoms with E-state index in [1.54, 1.807) is 18.4 Å². The molecular weight excluding hydrogens is 272 g/mol. The number of rotatable bonds is 7. The summed E-state index contributed by atoms with van der Waals surface area (Å²) in [6.07, 6.45) is 0. The molecule has 104 valence electrons. The highest BCUT2D eigenvalue weighted by Crippen LogP contribution is 2.20. The summed E-state index contributed by atoms with van der Waals surface area (Å²) in [6, 6.07) is 1.94. The van der Waals surface area contributed by atoms with Crippen LogP contribution in [0.25, 0.3) is 0 Å². The Kier molecular flexibility index (Phi) is 9.01. The molecule has 0 unspecified atom stereocenters. The number of halogens is 1. The Labute approximate surface area is 119 Å². The summed E-state index contributed by atoms with van der Waals surface area (Å²) >= 11 is 1.54. The Morgan fingerprint density at radius 1 is 1.33 bits per heavy atom. The van der Waals surface area contributed by atoms with Crippen LogP contribution < -0.4 is 10.6 Å². The Bertz CT molecular complexity index is 349. The summed E-state index contributed by atoms with van der Waals surface area (Å²) < 4.78 is 4.91. The number of hydrogen-bond donors (Lipinski definition) is 2. The number of hydrogen-bond acceptors (Lipinski definition) is 4. The van der Waals surface area contributed by atoms with E-state index < -0.39 is 0 Å². The van der Waals surface area contributed by atoms with E-state index in [0.717, 1.165) is 18.0 Å². The quantitative estimate of drug-likeness (QED) is 0.753. The number of carbonyl (C=O) groups excluding carboxylic acids is 1. The summed E-state index contributed by atoms with van der Waals surface area (Å²) in [5.74, 6) is 0.0136. The van der Waals surface area contributed by atoms with Crippen LogP contribution in [-0.4, -0.2) is 39.3 Å². The molecule has 0 aliphatic carbocycles. The van der Waals surface area contributed by atoms with Crippen molar-refractivity contribution in [2.45, 2.75) is 13.8 Å². The number of ether oxygens (including phenoxy) is 1. The van der Waals surface area contributed by atoms with Gasteiger partial charge in [0.05, 0.1) is 11.5 Å². The molecule has 0 radical (unpaired) electrons. The molecule has 0 spiro atoms. The summed E-state index contributed by atoms with van der Waals surface area (Å²) in [7, 11) is 1.67. The van der Waals surface area contributed by atoms with E-state index in [1.165, 1.54) is 10.4 Å². The second kappa shape index (κ2) is 9.33. The molecule has 0 saturated heterocycles. The molecule has 0 aliphatic heterocycles.